The fourth-order valence-electron chi connectivity index (χ4n) is 6.53. The number of aliphatic hydroxyl groups is 1. The molecule has 0 atom stereocenters. The summed E-state index contributed by atoms with van der Waals surface area (Å²) in [6.45, 7) is 13.3. The van der Waals surface area contributed by atoms with Gasteiger partial charge in [-0.25, -0.2) is 14.2 Å². The highest BCUT2D eigenvalue weighted by atomic mass is 32.1. The molecule has 17 heteroatoms. The summed E-state index contributed by atoms with van der Waals surface area (Å²) in [6, 6.07) is 16.0. The number of aryl methyl sites for hydroxylation is 2. The minimum atomic E-state index is -1.25. The van der Waals surface area contributed by atoms with E-state index in [1.807, 2.05) is 49.0 Å². The van der Waals surface area contributed by atoms with E-state index < -0.39 is 19.9 Å². The van der Waals surface area contributed by atoms with Crippen molar-refractivity contribution in [3.05, 3.63) is 80.8 Å². The molecule has 340 valence electrons. The van der Waals surface area contributed by atoms with E-state index in [9.17, 15) is 14.3 Å². The number of likely N-dealkylation sites (N-methyl/N-ethyl adjacent to an activating group) is 1. The minimum absolute atomic E-state index is 0.146. The van der Waals surface area contributed by atoms with Gasteiger partial charge >= 0.3 is 5.97 Å². The topological polar surface area (TPSA) is 127 Å². The van der Waals surface area contributed by atoms with Crippen molar-refractivity contribution < 1.29 is 33.0 Å². The van der Waals surface area contributed by atoms with Crippen molar-refractivity contribution in [3.63, 3.8) is 0 Å². The van der Waals surface area contributed by atoms with Gasteiger partial charge in [-0.05, 0) is 101 Å². The molecule has 0 radical (unpaired) electrons. The van der Waals surface area contributed by atoms with Gasteiger partial charge in [0.25, 0.3) is 0 Å². The summed E-state index contributed by atoms with van der Waals surface area (Å²) in [5.74, 6) is 6.21. The van der Waals surface area contributed by atoms with Crippen LogP contribution in [0.1, 0.15) is 52.2 Å². The van der Waals surface area contributed by atoms with Crippen LogP contribution in [0.15, 0.2) is 53.5 Å². The van der Waals surface area contributed by atoms with Crippen LogP contribution < -0.4 is 14.4 Å². The van der Waals surface area contributed by atoms with Crippen molar-refractivity contribution in [2.75, 3.05) is 86.2 Å². The number of rotatable bonds is 23. The second-order valence-electron chi connectivity index (χ2n) is 17.7. The molecule has 5 aromatic rings. The Morgan fingerprint density at radius 1 is 1.02 bits per heavy atom. The van der Waals surface area contributed by atoms with E-state index in [1.165, 1.54) is 24.5 Å². The number of anilines is 2. The van der Waals surface area contributed by atoms with Crippen LogP contribution in [0.4, 0.5) is 21.2 Å². The first-order valence-corrected chi connectivity index (χ1v) is 26.8. The molecule has 0 fully saturated rings. The van der Waals surface area contributed by atoms with E-state index in [0.29, 0.717) is 68.1 Å². The Hall–Kier alpha value is -4.54. The Bertz CT molecular complexity index is 2420. The lowest BCUT2D eigenvalue weighted by Crippen LogP contribution is -2.42. The summed E-state index contributed by atoms with van der Waals surface area (Å²) >= 11 is 2.98. The fourth-order valence-corrected chi connectivity index (χ4v) is 9.43. The van der Waals surface area contributed by atoms with E-state index in [2.05, 4.69) is 67.4 Å². The second kappa shape index (κ2) is 23.4. The zero-order valence-corrected chi connectivity index (χ0v) is 41.0. The zero-order chi connectivity index (χ0) is 45.6. The van der Waals surface area contributed by atoms with Gasteiger partial charge in [-0.3, -0.25) is 9.47 Å². The number of halogens is 1. The van der Waals surface area contributed by atoms with Gasteiger partial charge in [0.2, 0.25) is 0 Å². The molecule has 13 nitrogen and oxygen atoms in total. The van der Waals surface area contributed by atoms with E-state index >= 15 is 0 Å². The van der Waals surface area contributed by atoms with Crippen LogP contribution in [0.25, 0.3) is 10.2 Å². The Balaban J connectivity index is 1.39. The number of para-hydroxylation sites is 1. The third-order valence-corrected chi connectivity index (χ3v) is 14.1. The zero-order valence-electron chi connectivity index (χ0n) is 38.4. The van der Waals surface area contributed by atoms with Gasteiger partial charge in [-0.1, -0.05) is 55.0 Å². The van der Waals surface area contributed by atoms with Crippen molar-refractivity contribution in [1.82, 2.24) is 24.6 Å². The summed E-state index contributed by atoms with van der Waals surface area (Å²) in [6.07, 6.45) is 3.71. The predicted octanol–water partition coefficient (Wildman–Crippen LogP) is 8.03. The summed E-state index contributed by atoms with van der Waals surface area (Å²) < 4.78 is 36.0. The van der Waals surface area contributed by atoms with E-state index in [1.54, 1.807) is 23.5 Å². The molecule has 3 aromatic heterocycles. The van der Waals surface area contributed by atoms with Gasteiger partial charge in [-0.2, -0.15) is 4.99 Å². The smallest absolute Gasteiger partial charge is 0.357 e. The Kier molecular flexibility index (Phi) is 18.4. The minimum Gasteiger partial charge on any atom is -0.491 e. The number of carbonyl (C=O) groups is 1. The van der Waals surface area contributed by atoms with E-state index in [-0.39, 0.29) is 24.7 Å². The van der Waals surface area contributed by atoms with E-state index in [4.69, 9.17) is 29.3 Å². The molecule has 0 aliphatic heterocycles. The summed E-state index contributed by atoms with van der Waals surface area (Å²) in [7, 11) is 8.20. The Labute approximate surface area is 380 Å². The van der Waals surface area contributed by atoms with Crippen LogP contribution in [0, 0.1) is 24.6 Å². The predicted molar refractivity (Wildman–Crippen MR) is 255 cm³/mol. The maximum absolute atomic E-state index is 14.9. The maximum Gasteiger partial charge on any atom is 0.357 e. The number of ether oxygens (including phenoxy) is 3. The molecular formula is C46H64FN8O5S2Si+. The summed E-state index contributed by atoms with van der Waals surface area (Å²) in [4.78, 5) is 28.5. The number of aliphatic hydroxyl groups excluding tert-OH is 1. The molecule has 63 heavy (non-hydrogen) atoms. The van der Waals surface area contributed by atoms with Crippen LogP contribution in [0.2, 0.25) is 25.7 Å². The first-order chi connectivity index (χ1) is 30.1. The van der Waals surface area contributed by atoms with Crippen molar-refractivity contribution >= 4 is 63.7 Å². The number of nitrogens with zero attached hydrogens (tertiary/aromatic N) is 8. The number of fused-ring (bicyclic) bond motifs is 1. The molecule has 0 bridgehead atoms. The molecule has 5 rings (SSSR count). The van der Waals surface area contributed by atoms with Crippen molar-refractivity contribution in [2.45, 2.75) is 71.4 Å². The second-order valence-corrected chi connectivity index (χ2v) is 25.4. The third kappa shape index (κ3) is 15.0. The van der Waals surface area contributed by atoms with E-state index in [0.717, 1.165) is 61.8 Å². The van der Waals surface area contributed by atoms with Crippen LogP contribution in [-0.4, -0.2) is 130 Å². The molecule has 0 unspecified atom stereocenters. The number of carbonyl (C=O) groups excluding carboxylic acids is 1. The lowest BCUT2D eigenvalue weighted by molar-refractivity contribution is -0.890. The third-order valence-electron chi connectivity index (χ3n) is 10.2. The highest BCUT2D eigenvalue weighted by molar-refractivity contribution is 7.16. The number of unbranched alkanes of at least 4 members (excludes halogenated alkanes) is 2. The van der Waals surface area contributed by atoms with Crippen molar-refractivity contribution in [1.29, 1.82) is 0 Å². The first-order valence-electron chi connectivity index (χ1n) is 21.5. The van der Waals surface area contributed by atoms with Crippen molar-refractivity contribution in [2.24, 2.45) is 4.99 Å². The lowest BCUT2D eigenvalue weighted by atomic mass is 10.2. The number of aromatic nitrogens is 4. The van der Waals surface area contributed by atoms with Crippen LogP contribution >= 0.6 is 22.7 Å². The molecule has 1 N–H and O–H groups in total. The number of esters is 1. The molecule has 0 spiro atoms. The largest absolute Gasteiger partial charge is 0.491 e. The van der Waals surface area contributed by atoms with Crippen LogP contribution in [0.5, 0.6) is 5.75 Å². The monoisotopic (exact) mass is 919 g/mol. The molecule has 2 aromatic carbocycles. The number of thiazole rings is 2. The molecule has 0 aliphatic rings. The molecule has 0 saturated heterocycles. The number of benzene rings is 2. The van der Waals surface area contributed by atoms with Gasteiger partial charge in [0.1, 0.15) is 13.3 Å². The molecular weight excluding hydrogens is 856 g/mol. The highest BCUT2D eigenvalue weighted by Crippen LogP contribution is 2.34. The number of methoxy groups -OCH3 is 1. The Morgan fingerprint density at radius 2 is 1.81 bits per heavy atom. The number of hydrogen-bond donors (Lipinski definition) is 1. The van der Waals surface area contributed by atoms with Gasteiger partial charge in [0, 0.05) is 31.7 Å². The maximum atomic E-state index is 14.9. The summed E-state index contributed by atoms with van der Waals surface area (Å²) in [5.41, 5.74) is 2.70. The van der Waals surface area contributed by atoms with Gasteiger partial charge in [0.15, 0.2) is 38.8 Å². The van der Waals surface area contributed by atoms with Crippen LogP contribution in [-0.2, 0) is 22.6 Å². The number of hydrogen-bond acceptors (Lipinski definition) is 13. The van der Waals surface area contributed by atoms with Crippen LogP contribution in [0.3, 0.4) is 0 Å². The standard InChI is InChI=1S/C46H64FN8O5S2Si/c1-34-31-41(50-51-43(34)49-46-54(33-59-29-30-63(7,8)9)37-18-11-12-19-39(37)61-46)53(24-13-10-14-25-55(4,5)26-27-56)45-48-42(44(57)58-6)40(62-45)20-16-28-60-38-22-21-35(32-36(38)47)17-15-23-52(2)3/h11-12,18-19,21-22,31-32,56H,10,13-14,16,20,23-30,33H2,1-9H3/q+1/b49-46-. The highest BCUT2D eigenvalue weighted by Gasteiger charge is 2.24. The average Bonchev–Trinajstić information content (AvgIpc) is 3.81. The van der Waals surface area contributed by atoms with Gasteiger partial charge in [0.05, 0.1) is 57.7 Å². The van der Waals surface area contributed by atoms with Crippen molar-refractivity contribution in [3.8, 4) is 17.6 Å². The normalized spacial score (nSPS) is 12.2. The fraction of sp³-hybridized carbons (Fsp3) is 0.500. The number of quaternary nitrogens is 1. The SMILES string of the molecule is COC(=O)c1nc(N(CCCCC[N+](C)(C)CCO)c2cc(C)c(/N=c3\sc4ccccc4n3COCC[Si](C)(C)C)nn2)sc1CCCOc1ccc(C#CCN(C)C)cc1F. The molecule has 3 heterocycles. The molecule has 0 amide bonds. The Morgan fingerprint density at radius 3 is 2.52 bits per heavy atom. The first kappa shape index (κ1) is 49.5. The average molecular weight is 920 g/mol. The van der Waals surface area contributed by atoms with Gasteiger partial charge < -0.3 is 28.7 Å². The quantitative estimate of drug-likeness (QED) is 0.0226. The lowest BCUT2D eigenvalue weighted by Gasteiger charge is -2.29. The van der Waals surface area contributed by atoms with Gasteiger partial charge in [-0.15, -0.1) is 21.5 Å². The molecule has 0 aliphatic carbocycles. The molecule has 0 saturated carbocycles. The summed E-state index contributed by atoms with van der Waals surface area (Å²) in [5, 5.41) is 19.5.